The monoisotopic (exact) mass is 342 g/mol. The number of aryl methyl sites for hydroxylation is 2. The smallest absolute Gasteiger partial charge is 0.317 e. The minimum Gasteiger partial charge on any atom is -0.369 e. The van der Waals surface area contributed by atoms with Crippen molar-refractivity contribution >= 4 is 11.9 Å². The van der Waals surface area contributed by atoms with E-state index in [-0.39, 0.29) is 18.5 Å². The molecule has 2 heterocycles. The molecule has 0 saturated carbocycles. The van der Waals surface area contributed by atoms with Crippen LogP contribution < -0.4 is 11.1 Å². The van der Waals surface area contributed by atoms with Crippen molar-refractivity contribution < 1.29 is 9.59 Å². The molecule has 4 N–H and O–H groups in total. The number of primary amides is 1. The summed E-state index contributed by atoms with van der Waals surface area (Å²) in [5.41, 5.74) is 7.70. The number of nitrogens with zero attached hydrogens (tertiary/aromatic N) is 3. The highest BCUT2D eigenvalue weighted by Crippen LogP contribution is 2.30. The van der Waals surface area contributed by atoms with Crippen LogP contribution in [-0.2, 0) is 11.3 Å². The first kappa shape index (κ1) is 16.9. The number of aromatic amines is 1. The molecule has 0 aliphatic carbocycles. The average molecular weight is 342 g/mol. The zero-order valence-corrected chi connectivity index (χ0v) is 14.3. The molecule has 0 bridgehead atoms. The third-order valence-corrected chi connectivity index (χ3v) is 4.48. The molecule has 2 atom stereocenters. The molecule has 8 heteroatoms. The fraction of sp³-hybridized carbons (Fsp3) is 0.412. The summed E-state index contributed by atoms with van der Waals surface area (Å²) in [6, 6.07) is 7.74. The van der Waals surface area contributed by atoms with E-state index in [0.29, 0.717) is 24.7 Å². The number of hydrogen-bond acceptors (Lipinski definition) is 4. The standard InChI is InChI=1S/C17H22N6O2/c1-10-3-5-12(6-4-10)7-19-17(25)23-8-13(15(18)24)14(9-23)16-20-11(2)21-22-16/h3-6,13-14H,7-9H2,1-2H3,(H2,18,24)(H,19,25)(H,20,21,22). The van der Waals surface area contributed by atoms with Crippen LogP contribution in [-0.4, -0.2) is 45.1 Å². The summed E-state index contributed by atoms with van der Waals surface area (Å²) >= 11 is 0. The van der Waals surface area contributed by atoms with Gasteiger partial charge in [0.1, 0.15) is 5.82 Å². The molecule has 1 aromatic heterocycles. The number of amides is 3. The van der Waals surface area contributed by atoms with Crippen molar-refractivity contribution in [2.24, 2.45) is 11.7 Å². The summed E-state index contributed by atoms with van der Waals surface area (Å²) in [7, 11) is 0. The van der Waals surface area contributed by atoms with Crippen molar-refractivity contribution in [2.75, 3.05) is 13.1 Å². The van der Waals surface area contributed by atoms with Crippen LogP contribution in [0.4, 0.5) is 4.79 Å². The van der Waals surface area contributed by atoms with Crippen LogP contribution in [0, 0.1) is 19.8 Å². The number of nitrogens with one attached hydrogen (secondary N) is 2. The highest BCUT2D eigenvalue weighted by Gasteiger charge is 2.41. The second-order valence-electron chi connectivity index (χ2n) is 6.44. The number of aromatic nitrogens is 3. The Morgan fingerprint density at radius 1 is 1.28 bits per heavy atom. The Balaban J connectivity index is 1.65. The van der Waals surface area contributed by atoms with Gasteiger partial charge in [-0.05, 0) is 19.4 Å². The van der Waals surface area contributed by atoms with Gasteiger partial charge in [-0.1, -0.05) is 29.8 Å². The lowest BCUT2D eigenvalue weighted by Gasteiger charge is -2.17. The van der Waals surface area contributed by atoms with Gasteiger partial charge in [-0.15, -0.1) is 0 Å². The largest absolute Gasteiger partial charge is 0.369 e. The molecule has 1 aliphatic heterocycles. The van der Waals surface area contributed by atoms with E-state index in [1.807, 2.05) is 31.2 Å². The summed E-state index contributed by atoms with van der Waals surface area (Å²) in [6.07, 6.45) is 0. The van der Waals surface area contributed by atoms with Gasteiger partial charge in [-0.2, -0.15) is 5.10 Å². The number of rotatable bonds is 4. The molecule has 1 fully saturated rings. The minimum atomic E-state index is -0.486. The van der Waals surface area contributed by atoms with Crippen LogP contribution in [0.3, 0.4) is 0 Å². The lowest BCUT2D eigenvalue weighted by Crippen LogP contribution is -2.39. The van der Waals surface area contributed by atoms with E-state index in [1.165, 1.54) is 5.56 Å². The van der Waals surface area contributed by atoms with Gasteiger partial charge in [0.25, 0.3) is 0 Å². The first-order valence-corrected chi connectivity index (χ1v) is 8.20. The average Bonchev–Trinajstić information content (AvgIpc) is 3.20. The Kier molecular flexibility index (Phi) is 4.69. The lowest BCUT2D eigenvalue weighted by atomic mass is 9.95. The van der Waals surface area contributed by atoms with Gasteiger partial charge < -0.3 is 16.0 Å². The molecule has 2 unspecified atom stereocenters. The molecule has 25 heavy (non-hydrogen) atoms. The molecule has 8 nitrogen and oxygen atoms in total. The summed E-state index contributed by atoms with van der Waals surface area (Å²) in [4.78, 5) is 30.1. The highest BCUT2D eigenvalue weighted by molar-refractivity contribution is 5.81. The second-order valence-corrected chi connectivity index (χ2v) is 6.44. The quantitative estimate of drug-likeness (QED) is 0.763. The predicted octanol–water partition coefficient (Wildman–Crippen LogP) is 0.832. The van der Waals surface area contributed by atoms with E-state index in [2.05, 4.69) is 20.5 Å². The van der Waals surface area contributed by atoms with E-state index in [1.54, 1.807) is 11.8 Å². The van der Waals surface area contributed by atoms with Crippen LogP contribution in [0.25, 0.3) is 0 Å². The first-order chi connectivity index (χ1) is 11.9. The topological polar surface area (TPSA) is 117 Å². The highest BCUT2D eigenvalue weighted by atomic mass is 16.2. The summed E-state index contributed by atoms with van der Waals surface area (Å²) in [5.74, 6) is -0.0233. The van der Waals surface area contributed by atoms with Crippen LogP contribution >= 0.6 is 0 Å². The lowest BCUT2D eigenvalue weighted by molar-refractivity contribution is -0.121. The Bertz CT molecular complexity index is 770. The molecule has 1 aromatic carbocycles. The Hall–Kier alpha value is -2.90. The van der Waals surface area contributed by atoms with E-state index < -0.39 is 11.8 Å². The molecule has 0 spiro atoms. The molecule has 1 aliphatic rings. The first-order valence-electron chi connectivity index (χ1n) is 8.20. The zero-order valence-electron chi connectivity index (χ0n) is 14.3. The molecule has 1 saturated heterocycles. The van der Waals surface area contributed by atoms with Gasteiger partial charge >= 0.3 is 6.03 Å². The maximum absolute atomic E-state index is 12.4. The van der Waals surface area contributed by atoms with Crippen molar-refractivity contribution in [2.45, 2.75) is 26.3 Å². The Morgan fingerprint density at radius 2 is 2.00 bits per heavy atom. The van der Waals surface area contributed by atoms with Crippen molar-refractivity contribution in [3.05, 3.63) is 47.0 Å². The molecule has 132 valence electrons. The van der Waals surface area contributed by atoms with Crippen molar-refractivity contribution in [3.8, 4) is 0 Å². The second kappa shape index (κ2) is 6.92. The van der Waals surface area contributed by atoms with E-state index in [0.717, 1.165) is 5.56 Å². The number of carbonyl (C=O) groups excluding carboxylic acids is 2. The van der Waals surface area contributed by atoms with Gasteiger partial charge in [0, 0.05) is 19.6 Å². The number of likely N-dealkylation sites (tertiary alicyclic amines) is 1. The van der Waals surface area contributed by atoms with Crippen molar-refractivity contribution in [3.63, 3.8) is 0 Å². The number of hydrogen-bond donors (Lipinski definition) is 3. The molecule has 2 aromatic rings. The van der Waals surface area contributed by atoms with Crippen molar-refractivity contribution in [1.29, 1.82) is 0 Å². The third-order valence-electron chi connectivity index (χ3n) is 4.48. The Morgan fingerprint density at radius 3 is 2.60 bits per heavy atom. The Labute approximate surface area is 145 Å². The summed E-state index contributed by atoms with van der Waals surface area (Å²) in [5, 5.41) is 9.77. The van der Waals surface area contributed by atoms with Gasteiger partial charge in [0.2, 0.25) is 5.91 Å². The zero-order chi connectivity index (χ0) is 18.0. The minimum absolute atomic E-state index is 0.221. The van der Waals surface area contributed by atoms with Crippen LogP contribution in [0.5, 0.6) is 0 Å². The fourth-order valence-electron chi connectivity index (χ4n) is 3.04. The third kappa shape index (κ3) is 3.78. The van der Waals surface area contributed by atoms with E-state index in [9.17, 15) is 9.59 Å². The SMILES string of the molecule is Cc1ccc(CNC(=O)N2CC(C(N)=O)C(c3n[nH]c(C)n3)C2)cc1. The number of carbonyl (C=O) groups is 2. The van der Waals surface area contributed by atoms with Gasteiger partial charge in [-0.3, -0.25) is 9.89 Å². The number of H-pyrrole nitrogens is 1. The number of urea groups is 1. The van der Waals surface area contributed by atoms with Crippen LogP contribution in [0.15, 0.2) is 24.3 Å². The number of benzene rings is 1. The maximum Gasteiger partial charge on any atom is 0.317 e. The number of nitrogens with two attached hydrogens (primary N) is 1. The summed E-state index contributed by atoms with van der Waals surface area (Å²) in [6.45, 7) is 4.87. The van der Waals surface area contributed by atoms with Gasteiger partial charge in [0.15, 0.2) is 5.82 Å². The van der Waals surface area contributed by atoms with E-state index in [4.69, 9.17) is 5.73 Å². The molecular weight excluding hydrogens is 320 g/mol. The maximum atomic E-state index is 12.4. The normalized spacial score (nSPS) is 19.8. The van der Waals surface area contributed by atoms with Crippen molar-refractivity contribution in [1.82, 2.24) is 25.4 Å². The van der Waals surface area contributed by atoms with Gasteiger partial charge in [0.05, 0.1) is 11.8 Å². The van der Waals surface area contributed by atoms with Crippen LogP contribution in [0.2, 0.25) is 0 Å². The molecule has 0 radical (unpaired) electrons. The van der Waals surface area contributed by atoms with Crippen LogP contribution in [0.1, 0.15) is 28.7 Å². The van der Waals surface area contributed by atoms with Gasteiger partial charge in [-0.25, -0.2) is 9.78 Å². The fourth-order valence-corrected chi connectivity index (χ4v) is 3.04. The predicted molar refractivity (Wildman–Crippen MR) is 91.5 cm³/mol. The summed E-state index contributed by atoms with van der Waals surface area (Å²) < 4.78 is 0. The molecule has 3 amide bonds. The molecular formula is C17H22N6O2. The molecule has 3 rings (SSSR count). The van der Waals surface area contributed by atoms with E-state index >= 15 is 0 Å².